The number of esters is 1. The van der Waals surface area contributed by atoms with Crippen LogP contribution in [0.2, 0.25) is 0 Å². The summed E-state index contributed by atoms with van der Waals surface area (Å²) in [4.78, 5) is 12.0. The molecule has 0 amide bonds. The van der Waals surface area contributed by atoms with Crippen molar-refractivity contribution in [1.29, 1.82) is 0 Å². The van der Waals surface area contributed by atoms with E-state index in [4.69, 9.17) is 14.2 Å². The number of carbonyl (C=O) groups excluding carboxylic acids is 1. The van der Waals surface area contributed by atoms with Gasteiger partial charge in [-0.2, -0.15) is 0 Å². The second-order valence-corrected chi connectivity index (χ2v) is 12.0. The first-order chi connectivity index (χ1) is 21.1. The van der Waals surface area contributed by atoms with E-state index in [1.165, 1.54) is 0 Å². The van der Waals surface area contributed by atoms with Crippen molar-refractivity contribution >= 4 is 21.7 Å². The normalized spacial score (nSPS) is 11.9. The standard InChI is InChI=1S/C34H38N2O7S/c1-4-41-34(38)28-12-16-30(24(2)20-28)26-10-14-29(15-11-26)42-19-18-35-22-32(37)27-13-17-33(31(21-27)36-44(3,39)40)43-23-25-8-6-5-7-9-25/h5-17,20-21,32,35-37H,4,18-19,22-23H2,1-3H3/t32-/m1/s1. The number of carbonyl (C=O) groups is 1. The Balaban J connectivity index is 1.27. The molecule has 0 spiro atoms. The molecule has 232 valence electrons. The van der Waals surface area contributed by atoms with Crippen molar-refractivity contribution in [2.45, 2.75) is 26.6 Å². The van der Waals surface area contributed by atoms with E-state index in [0.29, 0.717) is 42.4 Å². The van der Waals surface area contributed by atoms with Crippen LogP contribution in [0.5, 0.6) is 11.5 Å². The third-order valence-electron chi connectivity index (χ3n) is 6.71. The predicted octanol–water partition coefficient (Wildman–Crippen LogP) is 5.49. The van der Waals surface area contributed by atoms with Crippen LogP contribution >= 0.6 is 0 Å². The molecule has 0 aliphatic rings. The summed E-state index contributed by atoms with van der Waals surface area (Å²) in [5.41, 5.74) is 5.27. The molecule has 0 saturated carbocycles. The SMILES string of the molecule is CCOC(=O)c1ccc(-c2ccc(OCCNC[C@@H](O)c3ccc(OCc4ccccc4)c(NS(C)(=O)=O)c3)cc2)c(C)c1. The zero-order valence-electron chi connectivity index (χ0n) is 25.1. The molecular weight excluding hydrogens is 580 g/mol. The van der Waals surface area contributed by atoms with Gasteiger partial charge in [0, 0.05) is 13.1 Å². The molecule has 0 heterocycles. The Bertz CT molecular complexity index is 1640. The minimum atomic E-state index is -3.56. The van der Waals surface area contributed by atoms with E-state index in [9.17, 15) is 18.3 Å². The van der Waals surface area contributed by atoms with E-state index < -0.39 is 16.1 Å². The Morgan fingerprint density at radius 3 is 2.36 bits per heavy atom. The number of rotatable bonds is 15. The van der Waals surface area contributed by atoms with Gasteiger partial charge < -0.3 is 24.6 Å². The van der Waals surface area contributed by atoms with Crippen LogP contribution in [0.3, 0.4) is 0 Å². The summed E-state index contributed by atoms with van der Waals surface area (Å²) in [6.07, 6.45) is 0.189. The van der Waals surface area contributed by atoms with Gasteiger partial charge in [0.05, 0.1) is 30.2 Å². The topological polar surface area (TPSA) is 123 Å². The first-order valence-electron chi connectivity index (χ1n) is 14.3. The molecule has 3 N–H and O–H groups in total. The van der Waals surface area contributed by atoms with E-state index in [2.05, 4.69) is 10.0 Å². The predicted molar refractivity (Wildman–Crippen MR) is 172 cm³/mol. The summed E-state index contributed by atoms with van der Waals surface area (Å²) in [6, 6.07) is 27.7. The quantitative estimate of drug-likeness (QED) is 0.118. The summed E-state index contributed by atoms with van der Waals surface area (Å²) in [5, 5.41) is 13.9. The second-order valence-electron chi connectivity index (χ2n) is 10.2. The van der Waals surface area contributed by atoms with Gasteiger partial charge in [-0.3, -0.25) is 4.72 Å². The van der Waals surface area contributed by atoms with Gasteiger partial charge >= 0.3 is 5.97 Å². The first-order valence-corrected chi connectivity index (χ1v) is 16.2. The highest BCUT2D eigenvalue weighted by atomic mass is 32.2. The lowest BCUT2D eigenvalue weighted by Gasteiger charge is -2.17. The highest BCUT2D eigenvalue weighted by molar-refractivity contribution is 7.92. The maximum atomic E-state index is 12.0. The molecule has 10 heteroatoms. The third kappa shape index (κ3) is 9.57. The molecule has 9 nitrogen and oxygen atoms in total. The monoisotopic (exact) mass is 618 g/mol. The molecule has 1 atom stereocenters. The molecule has 0 bridgehead atoms. The van der Waals surface area contributed by atoms with Crippen LogP contribution < -0.4 is 19.5 Å². The van der Waals surface area contributed by atoms with E-state index in [1.807, 2.05) is 73.7 Å². The van der Waals surface area contributed by atoms with Crippen molar-refractivity contribution in [3.63, 3.8) is 0 Å². The maximum absolute atomic E-state index is 12.0. The minimum Gasteiger partial charge on any atom is -0.492 e. The first kappa shape index (κ1) is 32.5. The van der Waals surface area contributed by atoms with E-state index >= 15 is 0 Å². The van der Waals surface area contributed by atoms with Gasteiger partial charge in [-0.05, 0) is 78.1 Å². The second kappa shape index (κ2) is 15.4. The van der Waals surface area contributed by atoms with Crippen LogP contribution in [-0.2, 0) is 21.4 Å². The zero-order valence-corrected chi connectivity index (χ0v) is 25.9. The third-order valence-corrected chi connectivity index (χ3v) is 7.30. The van der Waals surface area contributed by atoms with Crippen molar-refractivity contribution < 1.29 is 32.5 Å². The van der Waals surface area contributed by atoms with Crippen LogP contribution in [0.4, 0.5) is 5.69 Å². The molecule has 0 aliphatic carbocycles. The summed E-state index contributed by atoms with van der Waals surface area (Å²) < 4.78 is 43.2. The molecule has 4 aromatic carbocycles. The van der Waals surface area contributed by atoms with Gasteiger partial charge in [0.1, 0.15) is 24.7 Å². The summed E-state index contributed by atoms with van der Waals surface area (Å²) in [7, 11) is -3.56. The van der Waals surface area contributed by atoms with Crippen LogP contribution in [0.25, 0.3) is 11.1 Å². The average molecular weight is 619 g/mol. The number of benzene rings is 4. The molecule has 4 aromatic rings. The van der Waals surface area contributed by atoms with E-state index in [0.717, 1.165) is 28.5 Å². The number of aliphatic hydroxyl groups is 1. The molecule has 44 heavy (non-hydrogen) atoms. The van der Waals surface area contributed by atoms with Crippen LogP contribution in [0, 0.1) is 6.92 Å². The number of aliphatic hydroxyl groups excluding tert-OH is 1. The van der Waals surface area contributed by atoms with Gasteiger partial charge in [-0.15, -0.1) is 0 Å². The van der Waals surface area contributed by atoms with Gasteiger partial charge in [-0.25, -0.2) is 13.2 Å². The van der Waals surface area contributed by atoms with Gasteiger partial charge in [0.15, 0.2) is 0 Å². The lowest BCUT2D eigenvalue weighted by Crippen LogP contribution is -2.26. The Labute approximate surface area is 258 Å². The molecular formula is C34H38N2O7S. The van der Waals surface area contributed by atoms with Crippen molar-refractivity contribution in [2.75, 3.05) is 37.3 Å². The minimum absolute atomic E-state index is 0.242. The van der Waals surface area contributed by atoms with E-state index in [1.54, 1.807) is 31.2 Å². The molecule has 0 aliphatic heterocycles. The zero-order chi connectivity index (χ0) is 31.5. The molecule has 0 unspecified atom stereocenters. The van der Waals surface area contributed by atoms with Gasteiger partial charge in [0.2, 0.25) is 10.0 Å². The Morgan fingerprint density at radius 2 is 1.68 bits per heavy atom. The summed E-state index contributed by atoms with van der Waals surface area (Å²) >= 11 is 0. The molecule has 0 saturated heterocycles. The van der Waals surface area contributed by atoms with Crippen LogP contribution in [-0.4, -0.2) is 52.1 Å². The average Bonchev–Trinajstić information content (AvgIpc) is 3.00. The number of ether oxygens (including phenoxy) is 3. The lowest BCUT2D eigenvalue weighted by atomic mass is 9.98. The highest BCUT2D eigenvalue weighted by Gasteiger charge is 2.15. The fraction of sp³-hybridized carbons (Fsp3) is 0.265. The van der Waals surface area contributed by atoms with Crippen LogP contribution in [0.15, 0.2) is 91.0 Å². The summed E-state index contributed by atoms with van der Waals surface area (Å²) in [6.45, 7) is 5.46. The van der Waals surface area contributed by atoms with Crippen molar-refractivity contribution in [3.8, 4) is 22.6 Å². The molecule has 4 rings (SSSR count). The number of hydrogen-bond acceptors (Lipinski definition) is 8. The summed E-state index contributed by atoms with van der Waals surface area (Å²) in [5.74, 6) is 0.744. The van der Waals surface area contributed by atoms with Gasteiger partial charge in [-0.1, -0.05) is 54.6 Å². The fourth-order valence-electron chi connectivity index (χ4n) is 4.55. The highest BCUT2D eigenvalue weighted by Crippen LogP contribution is 2.30. The Kier molecular flexibility index (Phi) is 11.4. The fourth-order valence-corrected chi connectivity index (χ4v) is 5.11. The number of hydrogen-bond donors (Lipinski definition) is 3. The lowest BCUT2D eigenvalue weighted by molar-refractivity contribution is 0.0526. The number of anilines is 1. The number of nitrogens with one attached hydrogen (secondary N) is 2. The van der Waals surface area contributed by atoms with Crippen molar-refractivity contribution in [3.05, 3.63) is 113 Å². The molecule has 0 aromatic heterocycles. The Morgan fingerprint density at radius 1 is 0.932 bits per heavy atom. The molecule has 0 fully saturated rings. The number of sulfonamides is 1. The smallest absolute Gasteiger partial charge is 0.338 e. The number of aryl methyl sites for hydroxylation is 1. The largest absolute Gasteiger partial charge is 0.492 e. The van der Waals surface area contributed by atoms with Crippen molar-refractivity contribution in [2.24, 2.45) is 0 Å². The van der Waals surface area contributed by atoms with Gasteiger partial charge in [0.25, 0.3) is 0 Å². The van der Waals surface area contributed by atoms with Crippen LogP contribution in [0.1, 0.15) is 40.1 Å². The maximum Gasteiger partial charge on any atom is 0.338 e. The van der Waals surface area contributed by atoms with Crippen molar-refractivity contribution in [1.82, 2.24) is 5.32 Å². The molecule has 0 radical (unpaired) electrons. The van der Waals surface area contributed by atoms with E-state index in [-0.39, 0.29) is 24.8 Å². The Hall–Kier alpha value is -4.38.